The van der Waals surface area contributed by atoms with Crippen LogP contribution in [0, 0.1) is 5.92 Å². The highest BCUT2D eigenvalue weighted by Crippen LogP contribution is 2.23. The van der Waals surface area contributed by atoms with E-state index in [1.165, 1.54) is 0 Å². The van der Waals surface area contributed by atoms with Gasteiger partial charge in [0.25, 0.3) is 5.56 Å². The van der Waals surface area contributed by atoms with Crippen molar-refractivity contribution in [2.24, 2.45) is 5.92 Å². The molecule has 8 heteroatoms. The summed E-state index contributed by atoms with van der Waals surface area (Å²) in [4.78, 5) is 23.4. The first-order valence-electron chi connectivity index (χ1n) is 9.79. The number of rotatable bonds is 4. The Balaban J connectivity index is 1.26. The summed E-state index contributed by atoms with van der Waals surface area (Å²) in [6.07, 6.45) is 9.07. The topological polar surface area (TPSA) is 81.2 Å². The van der Waals surface area contributed by atoms with E-state index in [4.69, 9.17) is 0 Å². The lowest BCUT2D eigenvalue weighted by Gasteiger charge is -2.32. The molecule has 1 aliphatic rings. The molecule has 0 spiro atoms. The fourth-order valence-electron chi connectivity index (χ4n) is 3.87. The average Bonchev–Trinajstić information content (AvgIpc) is 3.20. The van der Waals surface area contributed by atoms with Gasteiger partial charge in [0.1, 0.15) is 0 Å². The minimum absolute atomic E-state index is 0.0234. The SMILES string of the molecule is O=c1cc(-c2cccnc2)ncn1CC1CCN(c2nnc3ccccn23)CC1. The lowest BCUT2D eigenvalue weighted by Crippen LogP contribution is -2.37. The minimum atomic E-state index is -0.0234. The third-order valence-electron chi connectivity index (χ3n) is 5.48. The zero-order valence-electron chi connectivity index (χ0n) is 15.9. The molecule has 0 N–H and O–H groups in total. The standard InChI is InChI=1S/C21H21N7O/c29-20-12-18(17-4-3-8-22-13-17)23-15-27(20)14-16-6-10-26(11-7-16)21-25-24-19-5-1-2-9-28(19)21/h1-5,8-9,12-13,15-16H,6-7,10-11,14H2. The molecule has 4 aromatic heterocycles. The van der Waals surface area contributed by atoms with Crippen molar-refractivity contribution in [2.75, 3.05) is 18.0 Å². The average molecular weight is 387 g/mol. The highest BCUT2D eigenvalue weighted by molar-refractivity contribution is 5.56. The van der Waals surface area contributed by atoms with Crippen LogP contribution in [0.25, 0.3) is 16.9 Å². The quantitative estimate of drug-likeness (QED) is 0.534. The third-order valence-corrected chi connectivity index (χ3v) is 5.48. The van der Waals surface area contributed by atoms with Crippen molar-refractivity contribution >= 4 is 11.6 Å². The zero-order chi connectivity index (χ0) is 19.6. The number of pyridine rings is 2. The van der Waals surface area contributed by atoms with Crippen molar-refractivity contribution in [3.63, 3.8) is 0 Å². The highest BCUT2D eigenvalue weighted by Gasteiger charge is 2.23. The molecule has 5 rings (SSSR count). The molecule has 0 amide bonds. The second kappa shape index (κ2) is 7.46. The first-order chi connectivity index (χ1) is 14.3. The molecule has 0 unspecified atom stereocenters. The van der Waals surface area contributed by atoms with Gasteiger partial charge in [0.2, 0.25) is 5.95 Å². The minimum Gasteiger partial charge on any atom is -0.341 e. The van der Waals surface area contributed by atoms with Crippen LogP contribution in [0.2, 0.25) is 0 Å². The first-order valence-corrected chi connectivity index (χ1v) is 9.79. The van der Waals surface area contributed by atoms with Crippen molar-refractivity contribution in [1.82, 2.24) is 29.1 Å². The van der Waals surface area contributed by atoms with Crippen LogP contribution in [0.4, 0.5) is 5.95 Å². The fourth-order valence-corrected chi connectivity index (χ4v) is 3.87. The Morgan fingerprint density at radius 2 is 1.97 bits per heavy atom. The molecule has 1 saturated heterocycles. The summed E-state index contributed by atoms with van der Waals surface area (Å²) in [7, 11) is 0. The molecule has 0 bridgehead atoms. The molecular formula is C21H21N7O. The lowest BCUT2D eigenvalue weighted by atomic mass is 9.97. The van der Waals surface area contributed by atoms with Gasteiger partial charge < -0.3 is 4.90 Å². The number of piperidine rings is 1. The Morgan fingerprint density at radius 1 is 1.07 bits per heavy atom. The molecule has 1 aliphatic heterocycles. The van der Waals surface area contributed by atoms with Crippen LogP contribution in [0.1, 0.15) is 12.8 Å². The maximum Gasteiger partial charge on any atom is 0.253 e. The second-order valence-corrected chi connectivity index (χ2v) is 7.37. The number of hydrogen-bond donors (Lipinski definition) is 0. The van der Waals surface area contributed by atoms with E-state index < -0.39 is 0 Å². The van der Waals surface area contributed by atoms with Crippen molar-refractivity contribution in [3.8, 4) is 11.3 Å². The summed E-state index contributed by atoms with van der Waals surface area (Å²) < 4.78 is 3.73. The molecule has 0 saturated carbocycles. The van der Waals surface area contributed by atoms with Gasteiger partial charge in [0, 0.05) is 49.9 Å². The van der Waals surface area contributed by atoms with Gasteiger partial charge in [-0.1, -0.05) is 6.07 Å². The van der Waals surface area contributed by atoms with Gasteiger partial charge in [-0.3, -0.25) is 18.7 Å². The maximum absolute atomic E-state index is 12.6. The van der Waals surface area contributed by atoms with Gasteiger partial charge in [-0.25, -0.2) is 4.98 Å². The molecule has 0 aliphatic carbocycles. The molecular weight excluding hydrogens is 366 g/mol. The summed E-state index contributed by atoms with van der Waals surface area (Å²) in [6.45, 7) is 2.49. The smallest absolute Gasteiger partial charge is 0.253 e. The Bertz CT molecular complexity index is 1180. The van der Waals surface area contributed by atoms with Gasteiger partial charge in [-0.15, -0.1) is 10.2 Å². The van der Waals surface area contributed by atoms with E-state index in [9.17, 15) is 4.79 Å². The number of hydrogen-bond acceptors (Lipinski definition) is 6. The van der Waals surface area contributed by atoms with Crippen molar-refractivity contribution < 1.29 is 0 Å². The van der Waals surface area contributed by atoms with Gasteiger partial charge in [-0.2, -0.15) is 0 Å². The predicted molar refractivity (Wildman–Crippen MR) is 110 cm³/mol. The van der Waals surface area contributed by atoms with Crippen molar-refractivity contribution in [1.29, 1.82) is 0 Å². The van der Waals surface area contributed by atoms with Gasteiger partial charge in [0.15, 0.2) is 5.65 Å². The van der Waals surface area contributed by atoms with Crippen LogP contribution in [0.5, 0.6) is 0 Å². The molecule has 0 aromatic carbocycles. The lowest BCUT2D eigenvalue weighted by molar-refractivity contribution is 0.349. The van der Waals surface area contributed by atoms with Gasteiger partial charge in [0.05, 0.1) is 12.0 Å². The largest absolute Gasteiger partial charge is 0.341 e. The summed E-state index contributed by atoms with van der Waals surface area (Å²) >= 11 is 0. The van der Waals surface area contributed by atoms with Crippen LogP contribution in [0.3, 0.4) is 0 Å². The summed E-state index contributed by atoms with van der Waals surface area (Å²) in [6, 6.07) is 11.2. The first kappa shape index (κ1) is 17.5. The van der Waals surface area contributed by atoms with Gasteiger partial charge >= 0.3 is 0 Å². The Labute approximate surface area is 167 Å². The summed E-state index contributed by atoms with van der Waals surface area (Å²) in [5, 5.41) is 8.59. The second-order valence-electron chi connectivity index (χ2n) is 7.37. The normalized spacial score (nSPS) is 15.1. The van der Waals surface area contributed by atoms with E-state index in [0.29, 0.717) is 18.2 Å². The van der Waals surface area contributed by atoms with Crippen molar-refractivity contribution in [2.45, 2.75) is 19.4 Å². The van der Waals surface area contributed by atoms with Gasteiger partial charge in [-0.05, 0) is 43.0 Å². The Kier molecular flexibility index (Phi) is 4.51. The van der Waals surface area contributed by atoms with E-state index in [2.05, 4.69) is 25.1 Å². The Hall–Kier alpha value is -3.55. The number of fused-ring (bicyclic) bond motifs is 1. The highest BCUT2D eigenvalue weighted by atomic mass is 16.1. The molecule has 146 valence electrons. The summed E-state index contributed by atoms with van der Waals surface area (Å²) in [5.41, 5.74) is 2.35. The molecule has 29 heavy (non-hydrogen) atoms. The maximum atomic E-state index is 12.6. The van der Waals surface area contributed by atoms with Crippen molar-refractivity contribution in [3.05, 3.63) is 71.7 Å². The van der Waals surface area contributed by atoms with E-state index in [0.717, 1.165) is 43.1 Å². The zero-order valence-corrected chi connectivity index (χ0v) is 15.9. The van der Waals surface area contributed by atoms with E-state index in [1.54, 1.807) is 29.4 Å². The molecule has 0 atom stereocenters. The fraction of sp³-hybridized carbons (Fsp3) is 0.286. The van der Waals surface area contributed by atoms with Crippen LogP contribution in [0.15, 0.2) is 66.1 Å². The van der Waals surface area contributed by atoms with Crippen LogP contribution < -0.4 is 10.5 Å². The molecule has 4 aromatic rings. The van der Waals surface area contributed by atoms with E-state index in [-0.39, 0.29) is 5.56 Å². The molecule has 0 radical (unpaired) electrons. The predicted octanol–water partition coefficient (Wildman–Crippen LogP) is 2.26. The van der Waals surface area contributed by atoms with Crippen LogP contribution >= 0.6 is 0 Å². The number of anilines is 1. The molecule has 8 nitrogen and oxygen atoms in total. The molecule has 1 fully saturated rings. The monoisotopic (exact) mass is 387 g/mol. The van der Waals surface area contributed by atoms with E-state index >= 15 is 0 Å². The van der Waals surface area contributed by atoms with Crippen LogP contribution in [-0.4, -0.2) is 42.2 Å². The van der Waals surface area contributed by atoms with E-state index in [1.807, 2.05) is 40.9 Å². The molecule has 5 heterocycles. The Morgan fingerprint density at radius 3 is 2.76 bits per heavy atom. The number of aromatic nitrogens is 6. The summed E-state index contributed by atoms with van der Waals surface area (Å²) in [5.74, 6) is 1.33. The number of nitrogens with zero attached hydrogens (tertiary/aromatic N) is 7. The van der Waals surface area contributed by atoms with Crippen LogP contribution in [-0.2, 0) is 6.54 Å². The third kappa shape index (κ3) is 3.49.